The smallest absolute Gasteiger partial charge is 0.253 e. The summed E-state index contributed by atoms with van der Waals surface area (Å²) < 4.78 is 0. The van der Waals surface area contributed by atoms with E-state index in [0.29, 0.717) is 5.92 Å². The number of rotatable bonds is 4. The van der Waals surface area contributed by atoms with Crippen molar-refractivity contribution in [1.29, 1.82) is 0 Å². The van der Waals surface area contributed by atoms with Crippen LogP contribution in [0.1, 0.15) is 55.8 Å². The summed E-state index contributed by atoms with van der Waals surface area (Å²) in [6.07, 6.45) is 7.79. The molecule has 0 heterocycles. The first-order valence-electron chi connectivity index (χ1n) is 7.80. The van der Waals surface area contributed by atoms with Crippen LogP contribution in [0.5, 0.6) is 0 Å². The van der Waals surface area contributed by atoms with Crippen LogP contribution < -0.4 is 10.6 Å². The van der Waals surface area contributed by atoms with Gasteiger partial charge in [-0.25, -0.2) is 0 Å². The number of nitrogens with one attached hydrogen (secondary N) is 2. The Morgan fingerprint density at radius 1 is 1.15 bits per heavy atom. The minimum Gasteiger partial charge on any atom is -0.387 e. The molecule has 110 valence electrons. The highest BCUT2D eigenvalue weighted by molar-refractivity contribution is 5.99. The highest BCUT2D eigenvalue weighted by Gasteiger charge is 2.21. The number of benzene rings is 1. The molecule has 1 aromatic carbocycles. The maximum absolute atomic E-state index is 12.4. The lowest BCUT2D eigenvalue weighted by atomic mass is 9.93. The van der Waals surface area contributed by atoms with Crippen molar-refractivity contribution in [3.63, 3.8) is 0 Å². The second-order valence-electron chi connectivity index (χ2n) is 5.81. The first-order chi connectivity index (χ1) is 9.72. The Kier molecular flexibility index (Phi) is 5.45. The van der Waals surface area contributed by atoms with Crippen LogP contribution in [0.4, 0.5) is 5.69 Å². The van der Waals surface area contributed by atoms with E-state index in [4.69, 9.17) is 0 Å². The summed E-state index contributed by atoms with van der Waals surface area (Å²) in [7, 11) is 1.85. The molecule has 1 aromatic rings. The van der Waals surface area contributed by atoms with Gasteiger partial charge in [0.25, 0.3) is 5.91 Å². The van der Waals surface area contributed by atoms with E-state index in [-0.39, 0.29) is 11.9 Å². The van der Waals surface area contributed by atoms with E-state index >= 15 is 0 Å². The van der Waals surface area contributed by atoms with Crippen molar-refractivity contribution in [2.45, 2.75) is 51.5 Å². The highest BCUT2D eigenvalue weighted by atomic mass is 16.1. The molecule has 2 N–H and O–H groups in total. The van der Waals surface area contributed by atoms with Crippen LogP contribution in [0.3, 0.4) is 0 Å². The van der Waals surface area contributed by atoms with Gasteiger partial charge < -0.3 is 10.6 Å². The summed E-state index contributed by atoms with van der Waals surface area (Å²) in [4.78, 5) is 12.4. The van der Waals surface area contributed by atoms with Gasteiger partial charge in [0.05, 0.1) is 5.56 Å². The van der Waals surface area contributed by atoms with Crippen molar-refractivity contribution < 1.29 is 4.79 Å². The van der Waals surface area contributed by atoms with E-state index in [2.05, 4.69) is 17.6 Å². The average Bonchev–Trinajstić information content (AvgIpc) is 2.76. The van der Waals surface area contributed by atoms with Crippen LogP contribution in [-0.4, -0.2) is 19.0 Å². The summed E-state index contributed by atoms with van der Waals surface area (Å²) in [5, 5.41) is 6.27. The molecular weight excluding hydrogens is 248 g/mol. The van der Waals surface area contributed by atoms with Gasteiger partial charge in [-0.3, -0.25) is 4.79 Å². The molecule has 1 fully saturated rings. The molecule has 1 aliphatic rings. The predicted octanol–water partition coefficient (Wildman–Crippen LogP) is 3.82. The average molecular weight is 274 g/mol. The molecule has 3 nitrogen and oxygen atoms in total. The molecule has 1 amide bonds. The molecule has 0 aliphatic heterocycles. The molecule has 3 heteroatoms. The number of anilines is 1. The van der Waals surface area contributed by atoms with Gasteiger partial charge in [-0.1, -0.05) is 37.8 Å². The zero-order chi connectivity index (χ0) is 14.4. The third-order valence-electron chi connectivity index (χ3n) is 4.41. The van der Waals surface area contributed by atoms with Crippen LogP contribution in [0.2, 0.25) is 0 Å². The lowest BCUT2D eigenvalue weighted by Crippen LogP contribution is -2.38. The zero-order valence-corrected chi connectivity index (χ0v) is 12.6. The number of hydrogen-bond donors (Lipinski definition) is 2. The van der Waals surface area contributed by atoms with Gasteiger partial charge in [0.2, 0.25) is 0 Å². The number of carbonyl (C=O) groups excluding carboxylic acids is 1. The Morgan fingerprint density at radius 3 is 2.45 bits per heavy atom. The molecule has 2 rings (SSSR count). The van der Waals surface area contributed by atoms with E-state index in [1.807, 2.05) is 31.3 Å². The molecule has 0 spiro atoms. The first-order valence-corrected chi connectivity index (χ1v) is 7.80. The van der Waals surface area contributed by atoms with Crippen LogP contribution in [0, 0.1) is 5.92 Å². The van der Waals surface area contributed by atoms with Gasteiger partial charge in [-0.15, -0.1) is 0 Å². The SMILES string of the molecule is CNc1ccccc1C(=O)N[C@@H](C)C1CCCCCC1. The highest BCUT2D eigenvalue weighted by Crippen LogP contribution is 2.26. The van der Waals surface area contributed by atoms with Crippen LogP contribution in [0.25, 0.3) is 0 Å². The molecule has 0 radical (unpaired) electrons. The molecule has 1 aliphatic carbocycles. The van der Waals surface area contributed by atoms with Gasteiger partial charge in [-0.2, -0.15) is 0 Å². The van der Waals surface area contributed by atoms with E-state index in [0.717, 1.165) is 11.3 Å². The summed E-state index contributed by atoms with van der Waals surface area (Å²) in [5.41, 5.74) is 1.62. The van der Waals surface area contributed by atoms with Crippen LogP contribution in [-0.2, 0) is 0 Å². The molecule has 0 bridgehead atoms. The van der Waals surface area contributed by atoms with Crippen molar-refractivity contribution in [1.82, 2.24) is 5.32 Å². The summed E-state index contributed by atoms with van der Waals surface area (Å²) >= 11 is 0. The minimum atomic E-state index is 0.0340. The van der Waals surface area contributed by atoms with Crippen LogP contribution >= 0.6 is 0 Å². The second-order valence-corrected chi connectivity index (χ2v) is 5.81. The van der Waals surface area contributed by atoms with E-state index in [9.17, 15) is 4.79 Å². The Morgan fingerprint density at radius 2 is 1.80 bits per heavy atom. The second kappa shape index (κ2) is 7.32. The largest absolute Gasteiger partial charge is 0.387 e. The number of carbonyl (C=O) groups is 1. The fraction of sp³-hybridized carbons (Fsp3) is 0.588. The van der Waals surface area contributed by atoms with Gasteiger partial charge in [0.15, 0.2) is 0 Å². The normalized spacial score (nSPS) is 18.1. The Hall–Kier alpha value is -1.51. The fourth-order valence-corrected chi connectivity index (χ4v) is 3.11. The molecule has 0 unspecified atom stereocenters. The monoisotopic (exact) mass is 274 g/mol. The number of amides is 1. The zero-order valence-electron chi connectivity index (χ0n) is 12.6. The molecule has 0 aromatic heterocycles. The van der Waals surface area contributed by atoms with Gasteiger partial charge in [0, 0.05) is 18.8 Å². The molecule has 1 atom stereocenters. The minimum absolute atomic E-state index is 0.0340. The lowest BCUT2D eigenvalue weighted by molar-refractivity contribution is 0.0924. The third kappa shape index (κ3) is 3.75. The van der Waals surface area contributed by atoms with Gasteiger partial charge in [0.1, 0.15) is 0 Å². The first kappa shape index (κ1) is 14.9. The predicted molar refractivity (Wildman–Crippen MR) is 84.1 cm³/mol. The fourth-order valence-electron chi connectivity index (χ4n) is 3.11. The van der Waals surface area contributed by atoms with Crippen molar-refractivity contribution in [2.75, 3.05) is 12.4 Å². The lowest BCUT2D eigenvalue weighted by Gasteiger charge is -2.24. The van der Waals surface area contributed by atoms with Gasteiger partial charge in [-0.05, 0) is 37.8 Å². The Balaban J connectivity index is 1.99. The van der Waals surface area contributed by atoms with E-state index < -0.39 is 0 Å². The Labute approximate surface area is 122 Å². The maximum Gasteiger partial charge on any atom is 0.253 e. The third-order valence-corrected chi connectivity index (χ3v) is 4.41. The van der Waals surface area contributed by atoms with E-state index in [1.165, 1.54) is 38.5 Å². The standard InChI is InChI=1S/C17H26N2O/c1-13(14-9-5-3-4-6-10-14)19-17(20)15-11-7-8-12-16(15)18-2/h7-8,11-14,18H,3-6,9-10H2,1-2H3,(H,19,20)/t13-/m0/s1. The maximum atomic E-state index is 12.4. The topological polar surface area (TPSA) is 41.1 Å². The summed E-state index contributed by atoms with van der Waals surface area (Å²) in [5.74, 6) is 0.662. The summed E-state index contributed by atoms with van der Waals surface area (Å²) in [6, 6.07) is 7.92. The van der Waals surface area contributed by atoms with Crippen molar-refractivity contribution in [2.24, 2.45) is 5.92 Å². The van der Waals surface area contributed by atoms with Crippen molar-refractivity contribution in [3.8, 4) is 0 Å². The number of hydrogen-bond acceptors (Lipinski definition) is 2. The van der Waals surface area contributed by atoms with E-state index in [1.54, 1.807) is 0 Å². The van der Waals surface area contributed by atoms with Crippen molar-refractivity contribution in [3.05, 3.63) is 29.8 Å². The van der Waals surface area contributed by atoms with Crippen molar-refractivity contribution >= 4 is 11.6 Å². The molecule has 20 heavy (non-hydrogen) atoms. The molecule has 0 saturated heterocycles. The van der Waals surface area contributed by atoms with Gasteiger partial charge >= 0.3 is 0 Å². The number of para-hydroxylation sites is 1. The van der Waals surface area contributed by atoms with Crippen LogP contribution in [0.15, 0.2) is 24.3 Å². The Bertz CT molecular complexity index is 436. The molecule has 1 saturated carbocycles. The quantitative estimate of drug-likeness (QED) is 0.820. The molecular formula is C17H26N2O. The summed E-state index contributed by atoms with van der Waals surface area (Å²) in [6.45, 7) is 2.15.